The highest BCUT2D eigenvalue weighted by Crippen LogP contribution is 2.39. The number of ether oxygens (including phenoxy) is 1. The van der Waals surface area contributed by atoms with E-state index in [1.807, 2.05) is 0 Å². The Bertz CT molecular complexity index is 452. The first-order chi connectivity index (χ1) is 7.71. The van der Waals surface area contributed by atoms with E-state index in [0.717, 1.165) is 13.1 Å². The van der Waals surface area contributed by atoms with Crippen LogP contribution in [0.4, 0.5) is 4.39 Å². The van der Waals surface area contributed by atoms with Gasteiger partial charge in [0.15, 0.2) is 5.60 Å². The van der Waals surface area contributed by atoms with Crippen LogP contribution in [0.1, 0.15) is 23.2 Å². The lowest BCUT2D eigenvalue weighted by atomic mass is 9.87. The van der Waals surface area contributed by atoms with Gasteiger partial charge in [0.05, 0.1) is 5.56 Å². The molecule has 2 aliphatic heterocycles. The van der Waals surface area contributed by atoms with Crippen molar-refractivity contribution in [3.63, 3.8) is 0 Å². The molecule has 2 aliphatic rings. The summed E-state index contributed by atoms with van der Waals surface area (Å²) in [5.41, 5.74) is -0.218. The number of ketones is 1. The molecule has 0 bridgehead atoms. The summed E-state index contributed by atoms with van der Waals surface area (Å²) >= 11 is 0. The zero-order chi connectivity index (χ0) is 11.2. The van der Waals surface area contributed by atoms with Crippen molar-refractivity contribution in [1.29, 1.82) is 0 Å². The largest absolute Gasteiger partial charge is 0.478 e. The van der Waals surface area contributed by atoms with Crippen LogP contribution in [0.25, 0.3) is 0 Å². The lowest BCUT2D eigenvalue weighted by Crippen LogP contribution is -2.49. The van der Waals surface area contributed by atoms with Gasteiger partial charge in [-0.05, 0) is 25.2 Å². The molecule has 0 aliphatic carbocycles. The van der Waals surface area contributed by atoms with E-state index in [4.69, 9.17) is 4.74 Å². The van der Waals surface area contributed by atoms with Crippen molar-refractivity contribution in [2.75, 3.05) is 13.1 Å². The Hall–Kier alpha value is -1.42. The maximum atomic E-state index is 13.0. The molecular formula is C12H12FNO2. The molecule has 0 saturated carbocycles. The quantitative estimate of drug-likeness (QED) is 0.722. The van der Waals surface area contributed by atoms with Crippen molar-refractivity contribution >= 4 is 5.78 Å². The van der Waals surface area contributed by atoms with Crippen LogP contribution in [-0.2, 0) is 0 Å². The molecular weight excluding hydrogens is 209 g/mol. The zero-order valence-electron chi connectivity index (χ0n) is 8.75. The Kier molecular flexibility index (Phi) is 2.01. The smallest absolute Gasteiger partial charge is 0.210 e. The number of carbonyl (C=O) groups is 1. The lowest BCUT2D eigenvalue weighted by molar-refractivity contribution is 0.0424. The second-order valence-corrected chi connectivity index (χ2v) is 4.32. The van der Waals surface area contributed by atoms with Gasteiger partial charge >= 0.3 is 0 Å². The zero-order valence-corrected chi connectivity index (χ0v) is 8.75. The minimum Gasteiger partial charge on any atom is -0.478 e. The van der Waals surface area contributed by atoms with Crippen molar-refractivity contribution in [2.24, 2.45) is 0 Å². The van der Waals surface area contributed by atoms with Crippen LogP contribution in [-0.4, -0.2) is 24.5 Å². The van der Waals surface area contributed by atoms with E-state index in [2.05, 4.69) is 5.32 Å². The fourth-order valence-corrected chi connectivity index (χ4v) is 2.43. The number of hydrogen-bond donors (Lipinski definition) is 1. The standard InChI is InChI=1S/C12H12FNO2/c13-8-1-2-9-10(7-8)16-12(11(9)15)3-5-14-6-4-12/h1-2,7,14H,3-6H2. The van der Waals surface area contributed by atoms with Gasteiger partial charge in [-0.2, -0.15) is 0 Å². The van der Waals surface area contributed by atoms with Crippen LogP contribution in [0, 0.1) is 5.82 Å². The number of halogens is 1. The van der Waals surface area contributed by atoms with Crippen LogP contribution >= 0.6 is 0 Å². The molecule has 1 aromatic carbocycles. The van der Waals surface area contributed by atoms with Gasteiger partial charge in [-0.3, -0.25) is 4.79 Å². The van der Waals surface area contributed by atoms with Crippen molar-refractivity contribution in [2.45, 2.75) is 18.4 Å². The molecule has 0 unspecified atom stereocenters. The minimum absolute atomic E-state index is 0.00370. The number of carbonyl (C=O) groups excluding carboxylic acids is 1. The molecule has 2 heterocycles. The van der Waals surface area contributed by atoms with Crippen LogP contribution in [0.15, 0.2) is 18.2 Å². The van der Waals surface area contributed by atoms with E-state index in [1.165, 1.54) is 18.2 Å². The summed E-state index contributed by atoms with van der Waals surface area (Å²) < 4.78 is 18.7. The first kappa shape index (κ1) is 9.78. The second-order valence-electron chi connectivity index (χ2n) is 4.32. The summed E-state index contributed by atoms with van der Waals surface area (Å²) in [6.07, 6.45) is 1.31. The SMILES string of the molecule is O=C1c2ccc(F)cc2OC12CCNCC2. The Morgan fingerprint density at radius 3 is 2.81 bits per heavy atom. The minimum atomic E-state index is -0.735. The molecule has 1 spiro atoms. The number of hydrogen-bond acceptors (Lipinski definition) is 3. The normalized spacial score (nSPS) is 21.9. The third-order valence-electron chi connectivity index (χ3n) is 3.32. The fraction of sp³-hybridized carbons (Fsp3) is 0.417. The number of Topliss-reactive ketones (excluding diaryl/α,β-unsaturated/α-hetero) is 1. The van der Waals surface area contributed by atoms with E-state index in [-0.39, 0.29) is 11.6 Å². The number of rotatable bonds is 0. The molecule has 0 radical (unpaired) electrons. The molecule has 1 saturated heterocycles. The molecule has 3 nitrogen and oxygen atoms in total. The molecule has 1 fully saturated rings. The van der Waals surface area contributed by atoms with E-state index in [9.17, 15) is 9.18 Å². The van der Waals surface area contributed by atoms with E-state index in [0.29, 0.717) is 24.2 Å². The van der Waals surface area contributed by atoms with E-state index in [1.54, 1.807) is 0 Å². The summed E-state index contributed by atoms with van der Waals surface area (Å²) in [6, 6.07) is 4.12. The third kappa shape index (κ3) is 1.26. The summed E-state index contributed by atoms with van der Waals surface area (Å²) in [7, 11) is 0. The number of nitrogens with one attached hydrogen (secondary N) is 1. The molecule has 0 aromatic heterocycles. The lowest BCUT2D eigenvalue weighted by Gasteiger charge is -2.31. The molecule has 16 heavy (non-hydrogen) atoms. The maximum absolute atomic E-state index is 13.0. The van der Waals surface area contributed by atoms with Gasteiger partial charge in [0.1, 0.15) is 11.6 Å². The van der Waals surface area contributed by atoms with Gasteiger partial charge < -0.3 is 10.1 Å². The summed E-state index contributed by atoms with van der Waals surface area (Å²) in [4.78, 5) is 12.2. The third-order valence-corrected chi connectivity index (χ3v) is 3.32. The predicted molar refractivity (Wildman–Crippen MR) is 56.2 cm³/mol. The van der Waals surface area contributed by atoms with Crippen molar-refractivity contribution in [3.8, 4) is 5.75 Å². The van der Waals surface area contributed by atoms with Gasteiger partial charge in [-0.15, -0.1) is 0 Å². The highest BCUT2D eigenvalue weighted by molar-refractivity contribution is 6.07. The highest BCUT2D eigenvalue weighted by Gasteiger charge is 2.48. The summed E-state index contributed by atoms with van der Waals surface area (Å²) in [5, 5.41) is 3.19. The van der Waals surface area contributed by atoms with Gasteiger partial charge in [-0.1, -0.05) is 0 Å². The highest BCUT2D eigenvalue weighted by atomic mass is 19.1. The van der Waals surface area contributed by atoms with E-state index < -0.39 is 5.60 Å². The Morgan fingerprint density at radius 1 is 1.31 bits per heavy atom. The molecule has 0 amide bonds. The number of fused-ring (bicyclic) bond motifs is 1. The average Bonchev–Trinajstić information content (AvgIpc) is 2.53. The first-order valence-corrected chi connectivity index (χ1v) is 5.45. The monoisotopic (exact) mass is 221 g/mol. The summed E-state index contributed by atoms with van der Waals surface area (Å²) in [5.74, 6) is 0.0356. The summed E-state index contributed by atoms with van der Waals surface area (Å²) in [6.45, 7) is 1.53. The first-order valence-electron chi connectivity index (χ1n) is 5.45. The number of piperidine rings is 1. The Balaban J connectivity index is 2.02. The molecule has 0 atom stereocenters. The van der Waals surface area contributed by atoms with Gasteiger partial charge in [0.25, 0.3) is 0 Å². The van der Waals surface area contributed by atoms with Crippen molar-refractivity contribution < 1.29 is 13.9 Å². The average molecular weight is 221 g/mol. The number of benzene rings is 1. The Morgan fingerprint density at radius 2 is 2.06 bits per heavy atom. The maximum Gasteiger partial charge on any atom is 0.210 e. The molecule has 1 aromatic rings. The van der Waals surface area contributed by atoms with E-state index >= 15 is 0 Å². The Labute approximate surface area is 92.6 Å². The van der Waals surface area contributed by atoms with Crippen molar-refractivity contribution in [3.05, 3.63) is 29.6 Å². The topological polar surface area (TPSA) is 38.3 Å². The van der Waals surface area contributed by atoms with Crippen LogP contribution < -0.4 is 10.1 Å². The predicted octanol–water partition coefficient (Wildman–Crippen LogP) is 1.52. The molecule has 3 rings (SSSR count). The fourth-order valence-electron chi connectivity index (χ4n) is 2.43. The van der Waals surface area contributed by atoms with Crippen LogP contribution in [0.2, 0.25) is 0 Å². The van der Waals surface area contributed by atoms with Crippen LogP contribution in [0.3, 0.4) is 0 Å². The van der Waals surface area contributed by atoms with Crippen molar-refractivity contribution in [1.82, 2.24) is 5.32 Å². The van der Waals surface area contributed by atoms with Gasteiger partial charge in [0.2, 0.25) is 5.78 Å². The van der Waals surface area contributed by atoms with Gasteiger partial charge in [-0.25, -0.2) is 4.39 Å². The molecule has 84 valence electrons. The molecule has 1 N–H and O–H groups in total. The van der Waals surface area contributed by atoms with Crippen LogP contribution in [0.5, 0.6) is 5.75 Å². The van der Waals surface area contributed by atoms with Gasteiger partial charge in [0, 0.05) is 18.9 Å². The molecule has 4 heteroatoms. The second kappa shape index (κ2) is 3.28.